The lowest BCUT2D eigenvalue weighted by molar-refractivity contribution is 1.11. The highest BCUT2D eigenvalue weighted by Crippen LogP contribution is 2.47. The molecular weight excluding hydrogens is 683 g/mol. The van der Waals surface area contributed by atoms with Crippen molar-refractivity contribution in [3.8, 4) is 33.8 Å². The highest BCUT2D eigenvalue weighted by Gasteiger charge is 2.26. The molecule has 7 aromatic carbocycles. The van der Waals surface area contributed by atoms with Crippen molar-refractivity contribution in [3.05, 3.63) is 188 Å². The molecule has 5 heterocycles. The highest BCUT2D eigenvalue weighted by molar-refractivity contribution is 6.36. The fraction of sp³-hybridized carbons (Fsp3) is 0. The highest BCUT2D eigenvalue weighted by atomic mass is 15.1. The summed E-state index contributed by atoms with van der Waals surface area (Å²) < 4.78 is 4.78. The molecular formula is C51H31N5. The first-order valence-corrected chi connectivity index (χ1v) is 19.0. The average Bonchev–Trinajstić information content (AvgIpc) is 3.81. The molecule has 0 atom stereocenters. The molecule has 5 nitrogen and oxygen atoms in total. The first-order chi connectivity index (χ1) is 27.8. The Hall–Kier alpha value is -7.63. The molecule has 5 aromatic heterocycles. The Balaban J connectivity index is 1.31. The maximum absolute atomic E-state index is 5.68. The van der Waals surface area contributed by atoms with E-state index in [0.717, 1.165) is 110 Å². The van der Waals surface area contributed by atoms with Crippen LogP contribution in [-0.2, 0) is 0 Å². The molecule has 12 rings (SSSR count). The Kier molecular flexibility index (Phi) is 6.56. The van der Waals surface area contributed by atoms with Gasteiger partial charge in [-0.15, -0.1) is 0 Å². The van der Waals surface area contributed by atoms with Crippen molar-refractivity contribution in [1.82, 2.24) is 24.1 Å². The van der Waals surface area contributed by atoms with E-state index in [0.29, 0.717) is 0 Å². The van der Waals surface area contributed by atoms with E-state index in [1.54, 1.807) is 0 Å². The summed E-state index contributed by atoms with van der Waals surface area (Å²) in [6.07, 6.45) is 3.83. The molecule has 12 aromatic rings. The van der Waals surface area contributed by atoms with Crippen LogP contribution in [0.5, 0.6) is 0 Å². The molecule has 260 valence electrons. The lowest BCUT2D eigenvalue weighted by Gasteiger charge is -2.16. The van der Waals surface area contributed by atoms with Crippen LogP contribution in [0.15, 0.2) is 188 Å². The number of hydrogen-bond acceptors (Lipinski definition) is 3. The van der Waals surface area contributed by atoms with E-state index in [4.69, 9.17) is 15.0 Å². The fourth-order valence-corrected chi connectivity index (χ4v) is 9.06. The largest absolute Gasteiger partial charge is 0.307 e. The zero-order valence-corrected chi connectivity index (χ0v) is 30.1. The first kappa shape index (κ1) is 30.8. The van der Waals surface area contributed by atoms with Gasteiger partial charge in [-0.05, 0) is 64.7 Å². The summed E-state index contributed by atoms with van der Waals surface area (Å²) >= 11 is 0. The van der Waals surface area contributed by atoms with E-state index in [9.17, 15) is 0 Å². The van der Waals surface area contributed by atoms with Gasteiger partial charge in [0.05, 0.1) is 38.6 Å². The molecule has 0 aliphatic rings. The molecule has 0 fully saturated rings. The maximum atomic E-state index is 5.68. The third kappa shape index (κ3) is 4.34. The molecule has 0 aliphatic carbocycles. The maximum Gasteiger partial charge on any atom is 0.139 e. The molecule has 0 saturated heterocycles. The van der Waals surface area contributed by atoms with Crippen molar-refractivity contribution >= 4 is 76.3 Å². The smallest absolute Gasteiger partial charge is 0.139 e. The molecule has 0 N–H and O–H groups in total. The second kappa shape index (κ2) is 11.9. The normalized spacial score (nSPS) is 11.9. The van der Waals surface area contributed by atoms with Crippen LogP contribution in [0.4, 0.5) is 0 Å². The van der Waals surface area contributed by atoms with Gasteiger partial charge in [-0.25, -0.2) is 4.98 Å². The lowest BCUT2D eigenvalue weighted by atomic mass is 9.96. The van der Waals surface area contributed by atoms with Crippen LogP contribution < -0.4 is 0 Å². The first-order valence-electron chi connectivity index (χ1n) is 19.0. The summed E-state index contributed by atoms with van der Waals surface area (Å²) in [5.74, 6) is 0.836. The Morgan fingerprint density at radius 3 is 1.66 bits per heavy atom. The van der Waals surface area contributed by atoms with Gasteiger partial charge in [0.2, 0.25) is 0 Å². The van der Waals surface area contributed by atoms with E-state index in [-0.39, 0.29) is 0 Å². The summed E-state index contributed by atoms with van der Waals surface area (Å²) in [5, 5.41) is 7.87. The van der Waals surface area contributed by atoms with Gasteiger partial charge in [0.1, 0.15) is 5.82 Å². The molecule has 0 saturated carbocycles. The molecule has 0 radical (unpaired) electrons. The summed E-state index contributed by atoms with van der Waals surface area (Å²) in [7, 11) is 0. The van der Waals surface area contributed by atoms with Gasteiger partial charge in [-0.1, -0.05) is 133 Å². The summed E-state index contributed by atoms with van der Waals surface area (Å²) in [4.78, 5) is 15.9. The number of nitrogens with zero attached hydrogens (tertiary/aromatic N) is 5. The molecule has 0 amide bonds. The van der Waals surface area contributed by atoms with Gasteiger partial charge < -0.3 is 4.57 Å². The van der Waals surface area contributed by atoms with E-state index in [2.05, 4.69) is 185 Å². The van der Waals surface area contributed by atoms with Crippen molar-refractivity contribution in [1.29, 1.82) is 0 Å². The minimum Gasteiger partial charge on any atom is -0.307 e. The minimum absolute atomic E-state index is 0.836. The number of rotatable bonds is 4. The number of aromatic nitrogens is 5. The Morgan fingerprint density at radius 2 is 0.929 bits per heavy atom. The molecule has 5 heteroatoms. The SMILES string of the molecule is c1ccc(-c2ccnc3c2ccc2c(-c4ccccc4)cc(-n4c5ccccc5c5c6cccnc6c6c(c7ccccc7n6-c6ccccc6)c54)nc23)cc1. The monoisotopic (exact) mass is 713 g/mol. The molecule has 56 heavy (non-hydrogen) atoms. The van der Waals surface area contributed by atoms with Gasteiger partial charge in [-0.3, -0.25) is 14.5 Å². The van der Waals surface area contributed by atoms with Crippen LogP contribution >= 0.6 is 0 Å². The number of benzene rings is 7. The molecule has 0 aliphatic heterocycles. The lowest BCUT2D eigenvalue weighted by Crippen LogP contribution is -2.01. The number of fused-ring (bicyclic) bond motifs is 13. The Bertz CT molecular complexity index is 3510. The summed E-state index contributed by atoms with van der Waals surface area (Å²) in [6.45, 7) is 0. The molecule has 0 spiro atoms. The number of para-hydroxylation sites is 3. The van der Waals surface area contributed by atoms with Gasteiger partial charge in [0.15, 0.2) is 0 Å². The van der Waals surface area contributed by atoms with Gasteiger partial charge in [0.25, 0.3) is 0 Å². The number of hydrogen-bond donors (Lipinski definition) is 0. The van der Waals surface area contributed by atoms with Crippen molar-refractivity contribution in [2.24, 2.45) is 0 Å². The standard InChI is InChI=1S/C51H31N5/c1-4-15-32(16-5-1)35-28-30-53-47-36(35)26-27-37-41(33-17-6-2-7-18-33)31-44(54-48(37)47)56-43-25-13-10-21-38(43)45-40-23-14-29-52-49(40)51-46(50(45)56)39-22-11-12-24-42(39)55(51)34-19-8-3-9-20-34/h1-31H. The molecule has 0 bridgehead atoms. The number of pyridine rings is 3. The van der Waals surface area contributed by atoms with Crippen LogP contribution in [0.1, 0.15) is 0 Å². The van der Waals surface area contributed by atoms with Crippen LogP contribution in [-0.4, -0.2) is 24.1 Å². The second-order valence-electron chi connectivity index (χ2n) is 14.4. The topological polar surface area (TPSA) is 48.5 Å². The van der Waals surface area contributed by atoms with Crippen molar-refractivity contribution in [2.75, 3.05) is 0 Å². The minimum atomic E-state index is 0.836. The predicted octanol–water partition coefficient (Wildman–Crippen LogP) is 12.9. The van der Waals surface area contributed by atoms with E-state index in [1.807, 2.05) is 12.4 Å². The van der Waals surface area contributed by atoms with Gasteiger partial charge in [0, 0.05) is 55.8 Å². The summed E-state index contributed by atoms with van der Waals surface area (Å²) in [6, 6.07) is 62.4. The zero-order valence-electron chi connectivity index (χ0n) is 30.1. The van der Waals surface area contributed by atoms with Crippen molar-refractivity contribution in [2.45, 2.75) is 0 Å². The van der Waals surface area contributed by atoms with Crippen molar-refractivity contribution in [3.63, 3.8) is 0 Å². The van der Waals surface area contributed by atoms with Gasteiger partial charge >= 0.3 is 0 Å². The summed E-state index contributed by atoms with van der Waals surface area (Å²) in [5.41, 5.74) is 12.7. The van der Waals surface area contributed by atoms with Gasteiger partial charge in [-0.2, -0.15) is 0 Å². The molecule has 0 unspecified atom stereocenters. The average molecular weight is 714 g/mol. The second-order valence-corrected chi connectivity index (χ2v) is 14.4. The predicted molar refractivity (Wildman–Crippen MR) is 232 cm³/mol. The van der Waals surface area contributed by atoms with Crippen LogP contribution in [0, 0.1) is 0 Å². The third-order valence-corrected chi connectivity index (χ3v) is 11.4. The van der Waals surface area contributed by atoms with E-state index < -0.39 is 0 Å². The van der Waals surface area contributed by atoms with Crippen LogP contribution in [0.25, 0.3) is 110 Å². The zero-order chi connectivity index (χ0) is 36.7. The Labute approximate surface area is 321 Å². The van der Waals surface area contributed by atoms with Crippen molar-refractivity contribution < 1.29 is 0 Å². The van der Waals surface area contributed by atoms with Crippen LogP contribution in [0.3, 0.4) is 0 Å². The third-order valence-electron chi connectivity index (χ3n) is 11.4. The fourth-order valence-electron chi connectivity index (χ4n) is 9.06. The van der Waals surface area contributed by atoms with Crippen LogP contribution in [0.2, 0.25) is 0 Å². The van der Waals surface area contributed by atoms with E-state index >= 15 is 0 Å². The quantitative estimate of drug-likeness (QED) is 0.171. The van der Waals surface area contributed by atoms with E-state index in [1.165, 1.54) is 0 Å². The Morgan fingerprint density at radius 1 is 0.357 bits per heavy atom.